The van der Waals surface area contributed by atoms with Crippen LogP contribution in [0.2, 0.25) is 0 Å². The normalized spacial score (nSPS) is 31.9. The SMILES string of the molecule is O=C1O[C@H](C(=O)O)C[C@H]1O. The Morgan fingerprint density at radius 3 is 2.50 bits per heavy atom. The van der Waals surface area contributed by atoms with Crippen LogP contribution in [0.4, 0.5) is 0 Å². The van der Waals surface area contributed by atoms with Crippen molar-refractivity contribution in [3.63, 3.8) is 0 Å². The quantitative estimate of drug-likeness (QED) is 0.451. The van der Waals surface area contributed by atoms with Crippen molar-refractivity contribution in [2.24, 2.45) is 0 Å². The fourth-order valence-electron chi connectivity index (χ4n) is 0.717. The van der Waals surface area contributed by atoms with Gasteiger partial charge in [-0.25, -0.2) is 9.59 Å². The van der Waals surface area contributed by atoms with E-state index in [1.54, 1.807) is 0 Å². The van der Waals surface area contributed by atoms with Gasteiger partial charge in [0.25, 0.3) is 0 Å². The Morgan fingerprint density at radius 2 is 2.30 bits per heavy atom. The number of rotatable bonds is 1. The molecule has 0 unspecified atom stereocenters. The smallest absolute Gasteiger partial charge is 0.345 e. The van der Waals surface area contributed by atoms with Crippen molar-refractivity contribution in [2.75, 3.05) is 0 Å². The molecule has 1 fully saturated rings. The summed E-state index contributed by atoms with van der Waals surface area (Å²) >= 11 is 0. The van der Waals surface area contributed by atoms with Crippen LogP contribution in [-0.2, 0) is 14.3 Å². The molecule has 0 spiro atoms. The molecule has 2 N–H and O–H groups in total. The lowest BCUT2D eigenvalue weighted by molar-refractivity contribution is -0.158. The lowest BCUT2D eigenvalue weighted by Gasteiger charge is -1.98. The summed E-state index contributed by atoms with van der Waals surface area (Å²) in [5.41, 5.74) is 0. The van der Waals surface area contributed by atoms with Crippen LogP contribution in [0.3, 0.4) is 0 Å². The van der Waals surface area contributed by atoms with Crippen molar-refractivity contribution in [3.8, 4) is 0 Å². The molecule has 1 rings (SSSR count). The van der Waals surface area contributed by atoms with E-state index in [1.165, 1.54) is 0 Å². The first-order chi connectivity index (χ1) is 4.61. The molecule has 1 aliphatic rings. The van der Waals surface area contributed by atoms with Gasteiger partial charge in [-0.2, -0.15) is 0 Å². The Hall–Kier alpha value is -1.10. The van der Waals surface area contributed by atoms with Crippen LogP contribution in [0.25, 0.3) is 0 Å². The summed E-state index contributed by atoms with van der Waals surface area (Å²) < 4.78 is 4.25. The van der Waals surface area contributed by atoms with E-state index in [9.17, 15) is 9.59 Å². The highest BCUT2D eigenvalue weighted by atomic mass is 16.6. The number of esters is 1. The lowest BCUT2D eigenvalue weighted by atomic mass is 10.2. The van der Waals surface area contributed by atoms with E-state index in [0.29, 0.717) is 0 Å². The minimum Gasteiger partial charge on any atom is -0.479 e. The van der Waals surface area contributed by atoms with Crippen LogP contribution in [0.15, 0.2) is 0 Å². The zero-order valence-electron chi connectivity index (χ0n) is 4.98. The summed E-state index contributed by atoms with van der Waals surface area (Å²) in [6.07, 6.45) is -2.57. The third-order valence-electron chi connectivity index (χ3n) is 1.24. The number of cyclic esters (lactones) is 1. The second-order valence-corrected chi connectivity index (χ2v) is 2.02. The van der Waals surface area contributed by atoms with Gasteiger partial charge in [0, 0.05) is 6.42 Å². The summed E-state index contributed by atoms with van der Waals surface area (Å²) in [7, 11) is 0. The maximum atomic E-state index is 10.4. The minimum atomic E-state index is -1.26. The zero-order valence-corrected chi connectivity index (χ0v) is 4.98. The second kappa shape index (κ2) is 2.26. The van der Waals surface area contributed by atoms with Crippen LogP contribution < -0.4 is 0 Å². The van der Waals surface area contributed by atoms with Gasteiger partial charge in [0.1, 0.15) is 0 Å². The molecule has 5 nitrogen and oxygen atoms in total. The highest BCUT2D eigenvalue weighted by molar-refractivity contribution is 5.84. The number of ether oxygens (including phenoxy) is 1. The van der Waals surface area contributed by atoms with E-state index in [4.69, 9.17) is 10.2 Å². The molecule has 10 heavy (non-hydrogen) atoms. The highest BCUT2D eigenvalue weighted by Crippen LogP contribution is 2.14. The van der Waals surface area contributed by atoms with E-state index in [1.807, 2.05) is 0 Å². The van der Waals surface area contributed by atoms with Gasteiger partial charge < -0.3 is 14.9 Å². The molecule has 0 amide bonds. The van der Waals surface area contributed by atoms with Gasteiger partial charge in [0.2, 0.25) is 6.10 Å². The van der Waals surface area contributed by atoms with E-state index in [2.05, 4.69) is 4.74 Å². The zero-order chi connectivity index (χ0) is 7.72. The molecule has 0 saturated carbocycles. The number of carbonyl (C=O) groups excluding carboxylic acids is 1. The van der Waals surface area contributed by atoms with Crippen LogP contribution in [0.1, 0.15) is 6.42 Å². The number of carboxylic acids is 1. The fourth-order valence-corrected chi connectivity index (χ4v) is 0.717. The summed E-state index contributed by atoms with van der Waals surface area (Å²) in [5.74, 6) is -2.07. The summed E-state index contributed by atoms with van der Waals surface area (Å²) in [4.78, 5) is 20.5. The molecule has 0 aliphatic carbocycles. The molecule has 0 aromatic heterocycles. The first-order valence-electron chi connectivity index (χ1n) is 2.72. The standard InChI is InChI=1S/C5H6O5/c6-2-1-3(4(7)8)10-5(2)9/h2-3,6H,1H2,(H,7,8)/t2-,3+/m1/s1. The van der Waals surface area contributed by atoms with Crippen LogP contribution in [-0.4, -0.2) is 34.4 Å². The van der Waals surface area contributed by atoms with Crippen LogP contribution in [0, 0.1) is 0 Å². The number of carboxylic acid groups (broad SMARTS) is 1. The Bertz CT molecular complexity index is 175. The largest absolute Gasteiger partial charge is 0.479 e. The number of hydrogen-bond acceptors (Lipinski definition) is 4. The van der Waals surface area contributed by atoms with Crippen molar-refractivity contribution in [2.45, 2.75) is 18.6 Å². The van der Waals surface area contributed by atoms with Gasteiger partial charge in [0.15, 0.2) is 6.10 Å². The molecule has 56 valence electrons. The average molecular weight is 146 g/mol. The number of aliphatic hydroxyl groups is 1. The molecular formula is C5H6O5. The van der Waals surface area contributed by atoms with Crippen molar-refractivity contribution < 1.29 is 24.5 Å². The molecule has 1 saturated heterocycles. The third-order valence-corrected chi connectivity index (χ3v) is 1.24. The lowest BCUT2D eigenvalue weighted by Crippen LogP contribution is -2.18. The topological polar surface area (TPSA) is 83.8 Å². The van der Waals surface area contributed by atoms with Crippen molar-refractivity contribution in [3.05, 3.63) is 0 Å². The Labute approximate surface area is 56.2 Å². The highest BCUT2D eigenvalue weighted by Gasteiger charge is 2.37. The van der Waals surface area contributed by atoms with Crippen LogP contribution >= 0.6 is 0 Å². The maximum absolute atomic E-state index is 10.4. The van der Waals surface area contributed by atoms with Gasteiger partial charge in [-0.3, -0.25) is 0 Å². The number of aliphatic carboxylic acids is 1. The van der Waals surface area contributed by atoms with E-state index >= 15 is 0 Å². The second-order valence-electron chi connectivity index (χ2n) is 2.02. The fraction of sp³-hybridized carbons (Fsp3) is 0.600. The predicted octanol–water partition coefficient (Wildman–Crippen LogP) is -1.25. The Kier molecular flexibility index (Phi) is 1.58. The first kappa shape index (κ1) is 7.01. The van der Waals surface area contributed by atoms with Gasteiger partial charge in [-0.1, -0.05) is 0 Å². The van der Waals surface area contributed by atoms with E-state index < -0.39 is 24.1 Å². The van der Waals surface area contributed by atoms with E-state index in [0.717, 1.165) is 0 Å². The van der Waals surface area contributed by atoms with Gasteiger partial charge >= 0.3 is 11.9 Å². The average Bonchev–Trinajstić information content (AvgIpc) is 2.13. The molecule has 0 aromatic rings. The molecule has 5 heteroatoms. The number of aliphatic hydroxyl groups excluding tert-OH is 1. The van der Waals surface area contributed by atoms with Gasteiger partial charge in [-0.15, -0.1) is 0 Å². The van der Waals surface area contributed by atoms with Crippen molar-refractivity contribution >= 4 is 11.9 Å². The predicted molar refractivity (Wildman–Crippen MR) is 28.1 cm³/mol. The Morgan fingerprint density at radius 1 is 1.70 bits per heavy atom. The third kappa shape index (κ3) is 1.08. The Balaban J connectivity index is 2.57. The molecule has 1 heterocycles. The van der Waals surface area contributed by atoms with Crippen LogP contribution in [0.5, 0.6) is 0 Å². The number of carbonyl (C=O) groups is 2. The first-order valence-corrected chi connectivity index (χ1v) is 2.72. The molecule has 0 bridgehead atoms. The minimum absolute atomic E-state index is 0.145. The number of hydrogen-bond donors (Lipinski definition) is 2. The monoisotopic (exact) mass is 146 g/mol. The molecule has 2 atom stereocenters. The summed E-state index contributed by atoms with van der Waals surface area (Å²) in [6.45, 7) is 0. The molecule has 0 aromatic carbocycles. The molecule has 1 aliphatic heterocycles. The summed E-state index contributed by atoms with van der Waals surface area (Å²) in [5, 5.41) is 16.9. The maximum Gasteiger partial charge on any atom is 0.345 e. The van der Waals surface area contributed by atoms with Crippen molar-refractivity contribution in [1.29, 1.82) is 0 Å². The van der Waals surface area contributed by atoms with E-state index in [-0.39, 0.29) is 6.42 Å². The summed E-state index contributed by atoms with van der Waals surface area (Å²) in [6, 6.07) is 0. The van der Waals surface area contributed by atoms with Gasteiger partial charge in [0.05, 0.1) is 0 Å². The molecular weight excluding hydrogens is 140 g/mol. The van der Waals surface area contributed by atoms with Crippen molar-refractivity contribution in [1.82, 2.24) is 0 Å². The van der Waals surface area contributed by atoms with Gasteiger partial charge in [-0.05, 0) is 0 Å². The molecule has 0 radical (unpaired) electrons.